The molecule has 94 valence electrons. The second kappa shape index (κ2) is 5.50. The van der Waals surface area contributed by atoms with Crippen LogP contribution in [0.1, 0.15) is 40.0 Å². The molecule has 2 atom stereocenters. The summed E-state index contributed by atoms with van der Waals surface area (Å²) in [4.78, 5) is 5.45. The molecule has 2 aliphatic heterocycles. The second-order valence-electron chi connectivity index (χ2n) is 6.17. The van der Waals surface area contributed by atoms with Crippen LogP contribution in [0.3, 0.4) is 0 Å². The van der Waals surface area contributed by atoms with Gasteiger partial charge in [-0.3, -0.25) is 4.90 Å². The van der Waals surface area contributed by atoms with E-state index in [-0.39, 0.29) is 0 Å². The van der Waals surface area contributed by atoms with Crippen molar-refractivity contribution in [2.75, 3.05) is 32.7 Å². The van der Waals surface area contributed by atoms with Crippen molar-refractivity contribution >= 4 is 0 Å². The van der Waals surface area contributed by atoms with Crippen molar-refractivity contribution in [2.24, 2.45) is 11.8 Å². The summed E-state index contributed by atoms with van der Waals surface area (Å²) in [6, 6.07) is 0.877. The lowest BCUT2D eigenvalue weighted by Crippen LogP contribution is -2.38. The minimum Gasteiger partial charge on any atom is -0.301 e. The molecule has 0 aromatic carbocycles. The smallest absolute Gasteiger partial charge is 0.0223 e. The van der Waals surface area contributed by atoms with E-state index in [1.807, 2.05) is 0 Å². The molecule has 0 aromatic rings. The highest BCUT2D eigenvalue weighted by atomic mass is 15.3. The van der Waals surface area contributed by atoms with E-state index in [4.69, 9.17) is 0 Å². The van der Waals surface area contributed by atoms with E-state index in [0.29, 0.717) is 0 Å². The van der Waals surface area contributed by atoms with Gasteiger partial charge in [-0.15, -0.1) is 0 Å². The van der Waals surface area contributed by atoms with Crippen LogP contribution < -0.4 is 0 Å². The minimum atomic E-state index is 0.822. The molecule has 2 unspecified atom stereocenters. The third-order valence-electron chi connectivity index (χ3n) is 4.57. The molecule has 0 saturated carbocycles. The summed E-state index contributed by atoms with van der Waals surface area (Å²) in [6.45, 7) is 13.8. The average molecular weight is 224 g/mol. The first kappa shape index (κ1) is 12.4. The maximum Gasteiger partial charge on any atom is 0.0223 e. The topological polar surface area (TPSA) is 6.48 Å². The Morgan fingerprint density at radius 3 is 2.56 bits per heavy atom. The van der Waals surface area contributed by atoms with Crippen LogP contribution in [0.4, 0.5) is 0 Å². The van der Waals surface area contributed by atoms with Crippen molar-refractivity contribution in [1.82, 2.24) is 9.80 Å². The van der Waals surface area contributed by atoms with Crippen molar-refractivity contribution < 1.29 is 0 Å². The van der Waals surface area contributed by atoms with E-state index in [1.54, 1.807) is 0 Å². The Hall–Kier alpha value is -0.0800. The fourth-order valence-corrected chi connectivity index (χ4v) is 3.07. The van der Waals surface area contributed by atoms with Gasteiger partial charge in [0.2, 0.25) is 0 Å². The Morgan fingerprint density at radius 1 is 1.06 bits per heavy atom. The fraction of sp³-hybridized carbons (Fsp3) is 1.00. The van der Waals surface area contributed by atoms with E-state index < -0.39 is 0 Å². The van der Waals surface area contributed by atoms with Crippen LogP contribution in [0, 0.1) is 11.8 Å². The zero-order chi connectivity index (χ0) is 11.5. The lowest BCUT2D eigenvalue weighted by molar-refractivity contribution is 0.187. The van der Waals surface area contributed by atoms with Gasteiger partial charge in [0, 0.05) is 19.1 Å². The standard InChI is InChI=1S/C14H28N2/c1-12(2)13(3)10-15-7-5-9-16-8-4-6-14(16)11-15/h12-14H,4-11H2,1-3H3. The zero-order valence-corrected chi connectivity index (χ0v) is 11.3. The normalized spacial score (nSPS) is 30.4. The predicted molar refractivity (Wildman–Crippen MR) is 69.7 cm³/mol. The van der Waals surface area contributed by atoms with Gasteiger partial charge in [-0.1, -0.05) is 20.8 Å². The minimum absolute atomic E-state index is 0.822. The molecule has 0 aliphatic carbocycles. The number of rotatable bonds is 3. The average Bonchev–Trinajstić information content (AvgIpc) is 2.57. The highest BCUT2D eigenvalue weighted by Gasteiger charge is 2.29. The number of fused-ring (bicyclic) bond motifs is 1. The molecule has 0 N–H and O–H groups in total. The van der Waals surface area contributed by atoms with Crippen molar-refractivity contribution in [3.05, 3.63) is 0 Å². The largest absolute Gasteiger partial charge is 0.301 e. The Morgan fingerprint density at radius 2 is 1.81 bits per heavy atom. The van der Waals surface area contributed by atoms with Crippen LogP contribution in [0.2, 0.25) is 0 Å². The molecular weight excluding hydrogens is 196 g/mol. The van der Waals surface area contributed by atoms with E-state index in [2.05, 4.69) is 30.6 Å². The van der Waals surface area contributed by atoms with Gasteiger partial charge >= 0.3 is 0 Å². The first-order valence-corrected chi connectivity index (χ1v) is 7.13. The second-order valence-corrected chi connectivity index (χ2v) is 6.17. The van der Waals surface area contributed by atoms with Gasteiger partial charge in [0.15, 0.2) is 0 Å². The quantitative estimate of drug-likeness (QED) is 0.726. The maximum atomic E-state index is 2.72. The molecular formula is C14H28N2. The summed E-state index contributed by atoms with van der Waals surface area (Å²) in [5.74, 6) is 1.66. The molecule has 16 heavy (non-hydrogen) atoms. The van der Waals surface area contributed by atoms with Crippen LogP contribution in [0.15, 0.2) is 0 Å². The Kier molecular flexibility index (Phi) is 4.26. The molecule has 2 heterocycles. The van der Waals surface area contributed by atoms with Crippen LogP contribution >= 0.6 is 0 Å². The summed E-state index contributed by atoms with van der Waals surface area (Å²) < 4.78 is 0. The predicted octanol–water partition coefficient (Wildman–Crippen LogP) is 2.45. The lowest BCUT2D eigenvalue weighted by atomic mass is 9.97. The first-order valence-electron chi connectivity index (χ1n) is 7.13. The number of nitrogens with zero attached hydrogens (tertiary/aromatic N) is 2. The third-order valence-corrected chi connectivity index (χ3v) is 4.57. The molecule has 0 amide bonds. The summed E-state index contributed by atoms with van der Waals surface area (Å²) in [5.41, 5.74) is 0. The van der Waals surface area contributed by atoms with E-state index in [0.717, 1.165) is 17.9 Å². The lowest BCUT2D eigenvalue weighted by Gasteiger charge is -2.29. The molecule has 0 aromatic heterocycles. The van der Waals surface area contributed by atoms with Crippen molar-refractivity contribution in [2.45, 2.75) is 46.1 Å². The molecule has 0 radical (unpaired) electrons. The van der Waals surface area contributed by atoms with Gasteiger partial charge in [-0.05, 0) is 50.7 Å². The molecule has 2 nitrogen and oxygen atoms in total. The van der Waals surface area contributed by atoms with E-state index in [1.165, 1.54) is 52.0 Å². The number of hydrogen-bond acceptors (Lipinski definition) is 2. The summed E-state index contributed by atoms with van der Waals surface area (Å²) in [5, 5.41) is 0. The van der Waals surface area contributed by atoms with Crippen LogP contribution in [0.5, 0.6) is 0 Å². The summed E-state index contributed by atoms with van der Waals surface area (Å²) in [7, 11) is 0. The van der Waals surface area contributed by atoms with Crippen molar-refractivity contribution in [3.63, 3.8) is 0 Å². The van der Waals surface area contributed by atoms with Gasteiger partial charge in [0.05, 0.1) is 0 Å². The van der Waals surface area contributed by atoms with Gasteiger partial charge in [-0.2, -0.15) is 0 Å². The molecule has 0 spiro atoms. The molecule has 0 bridgehead atoms. The number of hydrogen-bond donors (Lipinski definition) is 0. The Bertz CT molecular complexity index is 215. The molecule has 2 fully saturated rings. The van der Waals surface area contributed by atoms with Gasteiger partial charge in [0.25, 0.3) is 0 Å². The van der Waals surface area contributed by atoms with Crippen LogP contribution in [-0.4, -0.2) is 48.6 Å². The summed E-state index contributed by atoms with van der Waals surface area (Å²) >= 11 is 0. The highest BCUT2D eigenvalue weighted by Crippen LogP contribution is 2.22. The van der Waals surface area contributed by atoms with Crippen molar-refractivity contribution in [3.8, 4) is 0 Å². The zero-order valence-electron chi connectivity index (χ0n) is 11.3. The molecule has 2 saturated heterocycles. The maximum absolute atomic E-state index is 2.72. The monoisotopic (exact) mass is 224 g/mol. The van der Waals surface area contributed by atoms with Crippen LogP contribution in [0.25, 0.3) is 0 Å². The Labute approximate surface area is 101 Å². The molecule has 2 aliphatic rings. The van der Waals surface area contributed by atoms with Crippen LogP contribution in [-0.2, 0) is 0 Å². The Balaban J connectivity index is 1.85. The first-order chi connectivity index (χ1) is 7.66. The molecule has 2 heteroatoms. The SMILES string of the molecule is CC(C)C(C)CN1CCCN2CCCC2C1. The molecule has 2 rings (SSSR count). The third kappa shape index (κ3) is 2.98. The van der Waals surface area contributed by atoms with E-state index in [9.17, 15) is 0 Å². The van der Waals surface area contributed by atoms with Crippen molar-refractivity contribution in [1.29, 1.82) is 0 Å². The van der Waals surface area contributed by atoms with Gasteiger partial charge in [-0.25, -0.2) is 0 Å². The summed E-state index contributed by atoms with van der Waals surface area (Å²) in [6.07, 6.45) is 4.24. The highest BCUT2D eigenvalue weighted by molar-refractivity contribution is 4.85. The van der Waals surface area contributed by atoms with Gasteiger partial charge < -0.3 is 4.90 Å². The van der Waals surface area contributed by atoms with Gasteiger partial charge in [0.1, 0.15) is 0 Å². The van der Waals surface area contributed by atoms with E-state index >= 15 is 0 Å². The fourth-order valence-electron chi connectivity index (χ4n) is 3.07.